The number of rotatable bonds is 6. The lowest BCUT2D eigenvalue weighted by Crippen LogP contribution is -2.31. The van der Waals surface area contributed by atoms with Gasteiger partial charge in [-0.1, -0.05) is 30.3 Å². The molecule has 0 radical (unpaired) electrons. The number of aryl methyl sites for hydroxylation is 2. The van der Waals surface area contributed by atoms with Crippen LogP contribution in [0.25, 0.3) is 0 Å². The van der Waals surface area contributed by atoms with Gasteiger partial charge in [-0.15, -0.1) is 0 Å². The molecule has 0 atom stereocenters. The van der Waals surface area contributed by atoms with Crippen molar-refractivity contribution in [3.63, 3.8) is 0 Å². The second-order valence-corrected chi connectivity index (χ2v) is 5.71. The fourth-order valence-electron chi connectivity index (χ4n) is 2.71. The molecule has 5 nitrogen and oxygen atoms in total. The standard InChI is InChI=1S/C19H21N3O2/c1-3-22-18(12-15(2)20-22)19(23)21(14-17-10-7-11-24-17)13-16-8-5-4-6-9-16/h4-12H,3,13-14H2,1-2H3. The van der Waals surface area contributed by atoms with Gasteiger partial charge in [0.25, 0.3) is 5.91 Å². The Morgan fingerprint density at radius 2 is 1.96 bits per heavy atom. The van der Waals surface area contributed by atoms with E-state index in [4.69, 9.17) is 4.42 Å². The second kappa shape index (κ2) is 7.17. The Hall–Kier alpha value is -2.82. The third-order valence-corrected chi connectivity index (χ3v) is 3.85. The monoisotopic (exact) mass is 323 g/mol. The zero-order valence-electron chi connectivity index (χ0n) is 14.0. The van der Waals surface area contributed by atoms with Gasteiger partial charge >= 0.3 is 0 Å². The maximum Gasteiger partial charge on any atom is 0.272 e. The van der Waals surface area contributed by atoms with Gasteiger partial charge in [-0.3, -0.25) is 9.48 Å². The molecule has 2 heterocycles. The Balaban J connectivity index is 1.89. The molecule has 0 fully saturated rings. The van der Waals surface area contributed by atoms with E-state index in [1.807, 2.05) is 62.4 Å². The summed E-state index contributed by atoms with van der Waals surface area (Å²) in [6, 6.07) is 15.5. The molecule has 1 amide bonds. The Morgan fingerprint density at radius 1 is 1.17 bits per heavy atom. The van der Waals surface area contributed by atoms with Gasteiger partial charge in [0.2, 0.25) is 0 Å². The summed E-state index contributed by atoms with van der Waals surface area (Å²) in [6.45, 7) is 5.49. The van der Waals surface area contributed by atoms with Crippen molar-refractivity contribution in [1.29, 1.82) is 0 Å². The highest BCUT2D eigenvalue weighted by atomic mass is 16.3. The number of carbonyl (C=O) groups is 1. The van der Waals surface area contributed by atoms with Crippen LogP contribution in [-0.4, -0.2) is 20.6 Å². The van der Waals surface area contributed by atoms with Gasteiger partial charge in [0, 0.05) is 13.1 Å². The molecule has 0 aliphatic rings. The number of furan rings is 1. The first kappa shape index (κ1) is 16.1. The molecular formula is C19H21N3O2. The molecule has 0 unspecified atom stereocenters. The lowest BCUT2D eigenvalue weighted by molar-refractivity contribution is 0.0705. The third-order valence-electron chi connectivity index (χ3n) is 3.85. The SMILES string of the molecule is CCn1nc(C)cc1C(=O)N(Cc1ccccc1)Cc1ccco1. The van der Waals surface area contributed by atoms with Crippen molar-refractivity contribution in [2.75, 3.05) is 0 Å². The number of benzene rings is 1. The molecule has 5 heteroatoms. The van der Waals surface area contributed by atoms with Crippen molar-refractivity contribution in [3.05, 3.63) is 77.5 Å². The summed E-state index contributed by atoms with van der Waals surface area (Å²) in [5.41, 5.74) is 2.53. The molecule has 24 heavy (non-hydrogen) atoms. The number of amides is 1. The first-order valence-electron chi connectivity index (χ1n) is 8.07. The normalized spacial score (nSPS) is 10.8. The highest BCUT2D eigenvalue weighted by molar-refractivity contribution is 5.92. The maximum absolute atomic E-state index is 13.1. The van der Waals surface area contributed by atoms with E-state index in [2.05, 4.69) is 5.10 Å². The topological polar surface area (TPSA) is 51.3 Å². The molecule has 0 N–H and O–H groups in total. The fraction of sp³-hybridized carbons (Fsp3) is 0.263. The number of carbonyl (C=O) groups excluding carboxylic acids is 1. The van der Waals surface area contributed by atoms with E-state index in [1.165, 1.54) is 0 Å². The Kier molecular flexibility index (Phi) is 4.79. The smallest absolute Gasteiger partial charge is 0.272 e. The molecule has 0 bridgehead atoms. The van der Waals surface area contributed by atoms with Gasteiger partial charge in [-0.25, -0.2) is 0 Å². The molecule has 0 aliphatic heterocycles. The quantitative estimate of drug-likeness (QED) is 0.696. The minimum atomic E-state index is -0.0438. The summed E-state index contributed by atoms with van der Waals surface area (Å²) < 4.78 is 7.18. The predicted octanol–water partition coefficient (Wildman–Crippen LogP) is 3.65. The van der Waals surface area contributed by atoms with Crippen LogP contribution in [0, 0.1) is 6.92 Å². The van der Waals surface area contributed by atoms with Crippen molar-refractivity contribution in [2.24, 2.45) is 0 Å². The molecule has 1 aromatic carbocycles. The molecule has 0 spiro atoms. The van der Waals surface area contributed by atoms with Crippen LogP contribution in [0.5, 0.6) is 0 Å². The highest BCUT2D eigenvalue weighted by Crippen LogP contribution is 2.15. The first-order valence-corrected chi connectivity index (χ1v) is 8.07. The number of nitrogens with zero attached hydrogens (tertiary/aromatic N) is 3. The van der Waals surface area contributed by atoms with Gasteiger partial charge in [0.05, 0.1) is 18.5 Å². The zero-order valence-corrected chi connectivity index (χ0v) is 14.0. The molecule has 0 saturated carbocycles. The average Bonchev–Trinajstić information content (AvgIpc) is 3.23. The van der Waals surface area contributed by atoms with Crippen molar-refractivity contribution >= 4 is 5.91 Å². The third kappa shape index (κ3) is 3.56. The van der Waals surface area contributed by atoms with E-state index in [0.29, 0.717) is 25.3 Å². The van der Waals surface area contributed by atoms with Crippen molar-refractivity contribution < 1.29 is 9.21 Å². The van der Waals surface area contributed by atoms with Gasteiger partial charge in [-0.05, 0) is 37.6 Å². The van der Waals surface area contributed by atoms with Gasteiger partial charge in [0.15, 0.2) is 0 Å². The van der Waals surface area contributed by atoms with Crippen LogP contribution < -0.4 is 0 Å². The second-order valence-electron chi connectivity index (χ2n) is 5.71. The summed E-state index contributed by atoms with van der Waals surface area (Å²) in [5.74, 6) is 0.719. The van der Waals surface area contributed by atoms with Crippen LogP contribution in [0.1, 0.15) is 34.4 Å². The Bertz CT molecular complexity index is 791. The summed E-state index contributed by atoms with van der Waals surface area (Å²) in [6.07, 6.45) is 1.63. The van der Waals surface area contributed by atoms with Gasteiger partial charge in [-0.2, -0.15) is 5.10 Å². The van der Waals surface area contributed by atoms with Crippen LogP contribution in [0.4, 0.5) is 0 Å². The highest BCUT2D eigenvalue weighted by Gasteiger charge is 2.21. The minimum absolute atomic E-state index is 0.0438. The first-order chi connectivity index (χ1) is 11.7. The van der Waals surface area contributed by atoms with E-state index in [9.17, 15) is 4.79 Å². The zero-order chi connectivity index (χ0) is 16.9. The largest absolute Gasteiger partial charge is 0.467 e. The van der Waals surface area contributed by atoms with E-state index >= 15 is 0 Å². The molecule has 0 aliphatic carbocycles. The van der Waals surface area contributed by atoms with Crippen LogP contribution in [0.3, 0.4) is 0 Å². The van der Waals surface area contributed by atoms with Gasteiger partial charge in [0.1, 0.15) is 11.5 Å². The molecule has 3 aromatic rings. The maximum atomic E-state index is 13.1. The summed E-state index contributed by atoms with van der Waals surface area (Å²) in [7, 11) is 0. The molecule has 3 rings (SSSR count). The average molecular weight is 323 g/mol. The molecular weight excluding hydrogens is 302 g/mol. The Morgan fingerprint density at radius 3 is 2.62 bits per heavy atom. The van der Waals surface area contributed by atoms with Crippen LogP contribution in [0.15, 0.2) is 59.2 Å². The van der Waals surface area contributed by atoms with Crippen molar-refractivity contribution in [2.45, 2.75) is 33.5 Å². The molecule has 2 aromatic heterocycles. The van der Waals surface area contributed by atoms with Crippen LogP contribution in [-0.2, 0) is 19.6 Å². The van der Waals surface area contributed by atoms with E-state index < -0.39 is 0 Å². The fourth-order valence-corrected chi connectivity index (χ4v) is 2.71. The minimum Gasteiger partial charge on any atom is -0.467 e. The van der Waals surface area contributed by atoms with Crippen LogP contribution >= 0.6 is 0 Å². The van der Waals surface area contributed by atoms with Crippen molar-refractivity contribution in [3.8, 4) is 0 Å². The lowest BCUT2D eigenvalue weighted by Gasteiger charge is -2.22. The van der Waals surface area contributed by atoms with Gasteiger partial charge < -0.3 is 9.32 Å². The van der Waals surface area contributed by atoms with Crippen LogP contribution in [0.2, 0.25) is 0 Å². The number of hydrogen-bond acceptors (Lipinski definition) is 3. The Labute approximate surface area is 141 Å². The number of aromatic nitrogens is 2. The predicted molar refractivity (Wildman–Crippen MR) is 91.4 cm³/mol. The van der Waals surface area contributed by atoms with Crippen molar-refractivity contribution in [1.82, 2.24) is 14.7 Å². The number of hydrogen-bond donors (Lipinski definition) is 0. The van der Waals surface area contributed by atoms with E-state index in [1.54, 1.807) is 15.8 Å². The summed E-state index contributed by atoms with van der Waals surface area (Å²) in [5, 5.41) is 4.38. The molecule has 0 saturated heterocycles. The van der Waals surface area contributed by atoms with E-state index in [-0.39, 0.29) is 5.91 Å². The summed E-state index contributed by atoms with van der Waals surface area (Å²) in [4.78, 5) is 14.9. The summed E-state index contributed by atoms with van der Waals surface area (Å²) >= 11 is 0. The lowest BCUT2D eigenvalue weighted by atomic mass is 10.2. The molecule has 124 valence electrons. The van der Waals surface area contributed by atoms with E-state index in [0.717, 1.165) is 17.0 Å².